The van der Waals surface area contributed by atoms with Crippen molar-refractivity contribution < 1.29 is 0 Å². The van der Waals surface area contributed by atoms with E-state index in [1.807, 2.05) is 13.1 Å². The van der Waals surface area contributed by atoms with Crippen LogP contribution in [0.1, 0.15) is 25.8 Å². The molecule has 0 amide bonds. The molecule has 0 aromatic heterocycles. The molecule has 2 nitrogen and oxygen atoms in total. The smallest absolute Gasteiger partial charge is 0.0471 e. The molecule has 18 heavy (non-hydrogen) atoms. The van der Waals surface area contributed by atoms with Crippen molar-refractivity contribution in [2.24, 2.45) is 11.8 Å². The first kappa shape index (κ1) is 13.7. The molecule has 1 aliphatic heterocycles. The summed E-state index contributed by atoms with van der Waals surface area (Å²) >= 11 is 6.32. The van der Waals surface area contributed by atoms with Crippen molar-refractivity contribution in [3.63, 3.8) is 0 Å². The Bertz CT molecular complexity index is 403. The van der Waals surface area contributed by atoms with Gasteiger partial charge >= 0.3 is 0 Å². The minimum Gasteiger partial charge on any atom is -0.371 e. The summed E-state index contributed by atoms with van der Waals surface area (Å²) in [5.41, 5.74) is 2.53. The number of anilines is 1. The van der Waals surface area contributed by atoms with Crippen molar-refractivity contribution in [3.05, 3.63) is 28.8 Å². The Labute approximate surface area is 115 Å². The van der Waals surface area contributed by atoms with Crippen molar-refractivity contribution >= 4 is 17.3 Å². The molecule has 3 heteroatoms. The van der Waals surface area contributed by atoms with Gasteiger partial charge in [0.05, 0.1) is 0 Å². The topological polar surface area (TPSA) is 15.3 Å². The SMILES string of the molecule is CNCc1c(Cl)cccc1N1CCC(C(C)C)C1. The number of hydrogen-bond acceptors (Lipinski definition) is 2. The number of nitrogens with one attached hydrogen (secondary N) is 1. The van der Waals surface area contributed by atoms with Crippen LogP contribution < -0.4 is 10.2 Å². The fourth-order valence-corrected chi connectivity index (χ4v) is 2.98. The number of benzene rings is 1. The minimum absolute atomic E-state index is 0.766. The number of rotatable bonds is 4. The highest BCUT2D eigenvalue weighted by atomic mass is 35.5. The Morgan fingerprint density at radius 1 is 1.44 bits per heavy atom. The van der Waals surface area contributed by atoms with Gasteiger partial charge in [-0.3, -0.25) is 0 Å². The van der Waals surface area contributed by atoms with E-state index in [2.05, 4.69) is 36.2 Å². The largest absolute Gasteiger partial charge is 0.371 e. The van der Waals surface area contributed by atoms with E-state index >= 15 is 0 Å². The first-order chi connectivity index (χ1) is 8.63. The molecule has 1 aromatic rings. The normalized spacial score (nSPS) is 19.8. The van der Waals surface area contributed by atoms with Crippen LogP contribution in [0, 0.1) is 11.8 Å². The average Bonchev–Trinajstić information content (AvgIpc) is 2.81. The fraction of sp³-hybridized carbons (Fsp3) is 0.600. The lowest BCUT2D eigenvalue weighted by Crippen LogP contribution is -2.23. The first-order valence-corrected chi connectivity index (χ1v) is 7.18. The van der Waals surface area contributed by atoms with Gasteiger partial charge in [-0.15, -0.1) is 0 Å². The molecule has 0 aliphatic carbocycles. The van der Waals surface area contributed by atoms with Gasteiger partial charge in [-0.1, -0.05) is 31.5 Å². The Hall–Kier alpha value is -0.730. The third-order valence-electron chi connectivity index (χ3n) is 3.96. The van der Waals surface area contributed by atoms with Gasteiger partial charge in [0.2, 0.25) is 0 Å². The van der Waals surface area contributed by atoms with E-state index in [1.54, 1.807) is 0 Å². The molecule has 0 radical (unpaired) electrons. The van der Waals surface area contributed by atoms with Gasteiger partial charge in [0.15, 0.2) is 0 Å². The summed E-state index contributed by atoms with van der Waals surface area (Å²) in [6.07, 6.45) is 1.29. The van der Waals surface area contributed by atoms with Crippen LogP contribution in [0.25, 0.3) is 0 Å². The van der Waals surface area contributed by atoms with Gasteiger partial charge in [-0.25, -0.2) is 0 Å². The second-order valence-electron chi connectivity index (χ2n) is 5.51. The number of halogens is 1. The molecular weight excluding hydrogens is 244 g/mol. The molecule has 1 atom stereocenters. The molecule has 2 rings (SSSR count). The maximum atomic E-state index is 6.32. The molecular formula is C15H23ClN2. The molecule has 1 unspecified atom stereocenters. The molecule has 1 aliphatic rings. The predicted octanol–water partition coefficient (Wildman–Crippen LogP) is 3.54. The van der Waals surface area contributed by atoms with E-state index in [9.17, 15) is 0 Å². The lowest BCUT2D eigenvalue weighted by atomic mass is 9.95. The molecule has 1 fully saturated rings. The van der Waals surface area contributed by atoms with Crippen LogP contribution in [0.3, 0.4) is 0 Å². The summed E-state index contributed by atoms with van der Waals surface area (Å²) < 4.78 is 0. The number of nitrogens with zero attached hydrogens (tertiary/aromatic N) is 1. The minimum atomic E-state index is 0.766. The average molecular weight is 267 g/mol. The molecule has 0 bridgehead atoms. The van der Waals surface area contributed by atoms with Gasteiger partial charge in [-0.2, -0.15) is 0 Å². The summed E-state index contributed by atoms with van der Waals surface area (Å²) in [6, 6.07) is 6.23. The van der Waals surface area contributed by atoms with E-state index < -0.39 is 0 Å². The van der Waals surface area contributed by atoms with Gasteiger partial charge in [0.25, 0.3) is 0 Å². The van der Waals surface area contributed by atoms with Crippen LogP contribution in [-0.2, 0) is 6.54 Å². The lowest BCUT2D eigenvalue weighted by Gasteiger charge is -2.23. The van der Waals surface area contributed by atoms with Gasteiger partial charge in [0, 0.05) is 35.9 Å². The van der Waals surface area contributed by atoms with E-state index in [0.717, 1.165) is 36.5 Å². The van der Waals surface area contributed by atoms with E-state index in [4.69, 9.17) is 11.6 Å². The zero-order chi connectivity index (χ0) is 13.1. The van der Waals surface area contributed by atoms with Crippen LogP contribution in [0.5, 0.6) is 0 Å². The van der Waals surface area contributed by atoms with Crippen LogP contribution >= 0.6 is 11.6 Å². The molecule has 1 heterocycles. The maximum absolute atomic E-state index is 6.32. The van der Waals surface area contributed by atoms with Crippen molar-refractivity contribution in [1.29, 1.82) is 0 Å². The van der Waals surface area contributed by atoms with E-state index in [0.29, 0.717) is 0 Å². The Morgan fingerprint density at radius 2 is 2.22 bits per heavy atom. The Morgan fingerprint density at radius 3 is 2.83 bits per heavy atom. The molecule has 1 aromatic carbocycles. The van der Waals surface area contributed by atoms with Crippen molar-refractivity contribution in [3.8, 4) is 0 Å². The molecule has 0 spiro atoms. The van der Waals surface area contributed by atoms with Crippen LogP contribution in [0.4, 0.5) is 5.69 Å². The fourth-order valence-electron chi connectivity index (χ4n) is 2.75. The highest BCUT2D eigenvalue weighted by Crippen LogP contribution is 2.33. The summed E-state index contributed by atoms with van der Waals surface area (Å²) in [5, 5.41) is 4.08. The highest BCUT2D eigenvalue weighted by molar-refractivity contribution is 6.31. The van der Waals surface area contributed by atoms with Gasteiger partial charge in [-0.05, 0) is 37.4 Å². The highest BCUT2D eigenvalue weighted by Gasteiger charge is 2.26. The first-order valence-electron chi connectivity index (χ1n) is 6.80. The monoisotopic (exact) mass is 266 g/mol. The second kappa shape index (κ2) is 5.94. The third-order valence-corrected chi connectivity index (χ3v) is 4.31. The Kier molecular flexibility index (Phi) is 4.52. The van der Waals surface area contributed by atoms with Crippen molar-refractivity contribution in [2.75, 3.05) is 25.0 Å². The van der Waals surface area contributed by atoms with Gasteiger partial charge in [0.1, 0.15) is 0 Å². The van der Waals surface area contributed by atoms with Crippen molar-refractivity contribution in [2.45, 2.75) is 26.8 Å². The van der Waals surface area contributed by atoms with E-state index in [-0.39, 0.29) is 0 Å². The molecule has 0 saturated carbocycles. The third kappa shape index (κ3) is 2.81. The van der Waals surface area contributed by atoms with E-state index in [1.165, 1.54) is 17.7 Å². The second-order valence-corrected chi connectivity index (χ2v) is 5.91. The summed E-state index contributed by atoms with van der Waals surface area (Å²) in [5.74, 6) is 1.58. The quantitative estimate of drug-likeness (QED) is 0.897. The zero-order valence-corrected chi connectivity index (χ0v) is 12.3. The molecule has 100 valence electrons. The predicted molar refractivity (Wildman–Crippen MR) is 79.4 cm³/mol. The van der Waals surface area contributed by atoms with Crippen molar-refractivity contribution in [1.82, 2.24) is 5.32 Å². The standard InChI is InChI=1S/C15H23ClN2/c1-11(2)12-7-8-18(10-12)15-6-4-5-14(16)13(15)9-17-3/h4-6,11-12,17H,7-10H2,1-3H3. The summed E-state index contributed by atoms with van der Waals surface area (Å²) in [7, 11) is 1.97. The maximum Gasteiger partial charge on any atom is 0.0471 e. The van der Waals surface area contributed by atoms with Gasteiger partial charge < -0.3 is 10.2 Å². The summed E-state index contributed by atoms with van der Waals surface area (Å²) in [4.78, 5) is 2.49. The van der Waals surface area contributed by atoms with Crippen LogP contribution in [0.15, 0.2) is 18.2 Å². The zero-order valence-electron chi connectivity index (χ0n) is 11.5. The molecule has 1 saturated heterocycles. The van der Waals surface area contributed by atoms with Crippen LogP contribution in [0.2, 0.25) is 5.02 Å². The number of hydrogen-bond donors (Lipinski definition) is 1. The lowest BCUT2D eigenvalue weighted by molar-refractivity contribution is 0.422. The molecule has 1 N–H and O–H groups in total. The summed E-state index contributed by atoms with van der Waals surface area (Å²) in [6.45, 7) is 7.79. The van der Waals surface area contributed by atoms with Crippen LogP contribution in [-0.4, -0.2) is 20.1 Å². The Balaban J connectivity index is 2.21.